The van der Waals surface area contributed by atoms with E-state index in [1.807, 2.05) is 23.4 Å². The SMILES string of the molecule is CCCCCCCCN1N=C(C)[C@H](C)n2c1nc1c2c(=O)n(C)c(=O)n1C. The van der Waals surface area contributed by atoms with Gasteiger partial charge in [0.25, 0.3) is 5.56 Å². The largest absolute Gasteiger partial charge is 0.332 e. The second-order valence-electron chi connectivity index (χ2n) is 7.47. The summed E-state index contributed by atoms with van der Waals surface area (Å²) in [5.74, 6) is 0.648. The van der Waals surface area contributed by atoms with E-state index in [-0.39, 0.29) is 17.3 Å². The first-order chi connectivity index (χ1) is 12.9. The number of unbranched alkanes of at least 4 members (excludes halogenated alkanes) is 5. The Morgan fingerprint density at radius 3 is 2.37 bits per heavy atom. The highest BCUT2D eigenvalue weighted by atomic mass is 16.2. The van der Waals surface area contributed by atoms with Crippen LogP contribution in [-0.2, 0) is 14.1 Å². The average molecular weight is 374 g/mol. The summed E-state index contributed by atoms with van der Waals surface area (Å²) in [7, 11) is 3.16. The topological polar surface area (TPSA) is 77.4 Å². The summed E-state index contributed by atoms with van der Waals surface area (Å²) in [6, 6.07) is -0.0731. The predicted octanol–water partition coefficient (Wildman–Crippen LogP) is 2.55. The third-order valence-corrected chi connectivity index (χ3v) is 5.50. The molecule has 0 N–H and O–H groups in total. The fourth-order valence-electron chi connectivity index (χ4n) is 3.65. The van der Waals surface area contributed by atoms with E-state index in [0.29, 0.717) is 17.1 Å². The van der Waals surface area contributed by atoms with Crippen molar-refractivity contribution in [1.82, 2.24) is 18.7 Å². The molecule has 0 saturated heterocycles. The third-order valence-electron chi connectivity index (χ3n) is 5.50. The normalized spacial score (nSPS) is 16.7. The van der Waals surface area contributed by atoms with Crippen LogP contribution in [0.25, 0.3) is 11.2 Å². The Balaban J connectivity index is 1.97. The zero-order valence-corrected chi connectivity index (χ0v) is 17.0. The fourth-order valence-corrected chi connectivity index (χ4v) is 3.65. The summed E-state index contributed by atoms with van der Waals surface area (Å²) in [4.78, 5) is 29.7. The molecule has 0 bridgehead atoms. The van der Waals surface area contributed by atoms with Crippen LogP contribution < -0.4 is 16.3 Å². The second kappa shape index (κ2) is 7.70. The van der Waals surface area contributed by atoms with Crippen LogP contribution in [0.1, 0.15) is 65.3 Å². The zero-order chi connectivity index (χ0) is 19.7. The van der Waals surface area contributed by atoms with Gasteiger partial charge in [-0.1, -0.05) is 39.0 Å². The van der Waals surface area contributed by atoms with E-state index in [0.717, 1.165) is 29.7 Å². The number of hydrogen-bond donors (Lipinski definition) is 0. The Morgan fingerprint density at radius 1 is 1.00 bits per heavy atom. The van der Waals surface area contributed by atoms with Crippen LogP contribution in [0.15, 0.2) is 14.7 Å². The minimum absolute atomic E-state index is 0.0731. The number of imidazole rings is 1. The van der Waals surface area contributed by atoms with Crippen LogP contribution in [0.5, 0.6) is 0 Å². The number of fused-ring (bicyclic) bond motifs is 3. The first-order valence-electron chi connectivity index (χ1n) is 9.89. The summed E-state index contributed by atoms with van der Waals surface area (Å²) >= 11 is 0. The van der Waals surface area contributed by atoms with Crippen molar-refractivity contribution in [2.45, 2.75) is 65.3 Å². The quantitative estimate of drug-likeness (QED) is 0.698. The highest BCUT2D eigenvalue weighted by Gasteiger charge is 2.29. The zero-order valence-electron chi connectivity index (χ0n) is 17.0. The van der Waals surface area contributed by atoms with Crippen LogP contribution in [0.4, 0.5) is 5.95 Å². The van der Waals surface area contributed by atoms with Gasteiger partial charge in [-0.15, -0.1) is 0 Å². The molecule has 0 amide bonds. The van der Waals surface area contributed by atoms with E-state index in [1.54, 1.807) is 7.05 Å². The number of hydrazone groups is 1. The van der Waals surface area contributed by atoms with Crippen molar-refractivity contribution in [3.8, 4) is 0 Å². The van der Waals surface area contributed by atoms with Crippen LogP contribution in [0, 0.1) is 0 Å². The summed E-state index contributed by atoms with van der Waals surface area (Å²) in [5, 5.41) is 6.60. The minimum atomic E-state index is -0.365. The molecular formula is C19H30N6O2. The molecule has 0 fully saturated rings. The molecule has 1 aliphatic rings. The van der Waals surface area contributed by atoms with Crippen molar-refractivity contribution in [2.75, 3.05) is 11.6 Å². The summed E-state index contributed by atoms with van der Waals surface area (Å²) in [6.45, 7) is 6.96. The van der Waals surface area contributed by atoms with Crippen molar-refractivity contribution in [2.24, 2.45) is 19.2 Å². The molecule has 148 valence electrons. The van der Waals surface area contributed by atoms with Gasteiger partial charge in [0, 0.05) is 20.6 Å². The molecule has 2 aromatic heterocycles. The van der Waals surface area contributed by atoms with Gasteiger partial charge in [0.2, 0.25) is 5.95 Å². The smallest absolute Gasteiger partial charge is 0.294 e. The van der Waals surface area contributed by atoms with Crippen molar-refractivity contribution in [3.05, 3.63) is 20.8 Å². The van der Waals surface area contributed by atoms with Crippen molar-refractivity contribution in [1.29, 1.82) is 0 Å². The molecule has 0 aromatic carbocycles. The van der Waals surface area contributed by atoms with E-state index in [1.165, 1.54) is 37.3 Å². The molecule has 1 aliphatic heterocycles. The van der Waals surface area contributed by atoms with Crippen LogP contribution >= 0.6 is 0 Å². The van der Waals surface area contributed by atoms with Crippen LogP contribution in [-0.4, -0.2) is 30.9 Å². The van der Waals surface area contributed by atoms with E-state index >= 15 is 0 Å². The van der Waals surface area contributed by atoms with E-state index in [2.05, 4.69) is 11.9 Å². The molecule has 3 rings (SSSR count). The molecule has 0 radical (unpaired) electrons. The number of aromatic nitrogens is 4. The van der Waals surface area contributed by atoms with Crippen LogP contribution in [0.2, 0.25) is 0 Å². The maximum Gasteiger partial charge on any atom is 0.332 e. The lowest BCUT2D eigenvalue weighted by Crippen LogP contribution is -2.38. The molecule has 2 aromatic rings. The Kier molecular flexibility index (Phi) is 5.53. The van der Waals surface area contributed by atoms with E-state index in [4.69, 9.17) is 5.10 Å². The highest BCUT2D eigenvalue weighted by Crippen LogP contribution is 2.29. The summed E-state index contributed by atoms with van der Waals surface area (Å²) in [6.07, 6.45) is 7.20. The molecule has 1 atom stereocenters. The Hall–Kier alpha value is -2.38. The number of anilines is 1. The van der Waals surface area contributed by atoms with Gasteiger partial charge >= 0.3 is 5.69 Å². The van der Waals surface area contributed by atoms with E-state index < -0.39 is 0 Å². The monoisotopic (exact) mass is 374 g/mol. The molecular weight excluding hydrogens is 344 g/mol. The predicted molar refractivity (Wildman–Crippen MR) is 109 cm³/mol. The van der Waals surface area contributed by atoms with Gasteiger partial charge in [-0.25, -0.2) is 9.80 Å². The van der Waals surface area contributed by atoms with Gasteiger partial charge in [0.15, 0.2) is 11.2 Å². The lowest BCUT2D eigenvalue weighted by atomic mass is 10.1. The van der Waals surface area contributed by atoms with Gasteiger partial charge < -0.3 is 0 Å². The van der Waals surface area contributed by atoms with Crippen molar-refractivity contribution < 1.29 is 0 Å². The fraction of sp³-hybridized carbons (Fsp3) is 0.684. The number of nitrogens with zero attached hydrogens (tertiary/aromatic N) is 6. The number of hydrogen-bond acceptors (Lipinski definition) is 5. The summed E-state index contributed by atoms with van der Waals surface area (Å²) < 4.78 is 4.51. The molecule has 8 nitrogen and oxygen atoms in total. The van der Waals surface area contributed by atoms with Gasteiger partial charge in [0.1, 0.15) is 0 Å². The van der Waals surface area contributed by atoms with Crippen molar-refractivity contribution >= 4 is 22.8 Å². The highest BCUT2D eigenvalue weighted by molar-refractivity contribution is 5.90. The molecule has 27 heavy (non-hydrogen) atoms. The lowest BCUT2D eigenvalue weighted by Gasteiger charge is -2.29. The molecule has 8 heteroatoms. The first-order valence-corrected chi connectivity index (χ1v) is 9.89. The van der Waals surface area contributed by atoms with Gasteiger partial charge in [-0.3, -0.25) is 18.5 Å². The number of aryl methyl sites for hydroxylation is 1. The third kappa shape index (κ3) is 3.33. The Labute approximate surface area is 159 Å². The van der Waals surface area contributed by atoms with Gasteiger partial charge in [-0.05, 0) is 20.3 Å². The summed E-state index contributed by atoms with van der Waals surface area (Å²) in [5.41, 5.74) is 1.14. The molecule has 3 heterocycles. The standard InChI is InChI=1S/C19H30N6O2/c1-6-7-8-9-10-11-12-24-18-20-16-15(25(18)14(3)13(2)21-24)17(26)23(5)19(27)22(16)4/h14H,6-12H2,1-5H3/t14-/m0/s1. The van der Waals surface area contributed by atoms with Gasteiger partial charge in [-0.2, -0.15) is 10.1 Å². The minimum Gasteiger partial charge on any atom is -0.294 e. The molecule has 0 aliphatic carbocycles. The molecule has 0 saturated carbocycles. The second-order valence-corrected chi connectivity index (χ2v) is 7.47. The van der Waals surface area contributed by atoms with Crippen LogP contribution in [0.3, 0.4) is 0 Å². The molecule has 0 spiro atoms. The van der Waals surface area contributed by atoms with E-state index in [9.17, 15) is 9.59 Å². The van der Waals surface area contributed by atoms with Gasteiger partial charge in [0.05, 0.1) is 11.8 Å². The number of rotatable bonds is 7. The average Bonchev–Trinajstić information content (AvgIpc) is 3.06. The maximum atomic E-state index is 12.8. The maximum absolute atomic E-state index is 12.8. The Morgan fingerprint density at radius 2 is 1.67 bits per heavy atom. The first kappa shape index (κ1) is 19.4. The molecule has 0 unspecified atom stereocenters. The lowest BCUT2D eigenvalue weighted by molar-refractivity contribution is 0.580. The Bertz CT molecular complexity index is 981. The van der Waals surface area contributed by atoms with Crippen molar-refractivity contribution in [3.63, 3.8) is 0 Å².